The molecule has 192 valence electrons. The smallest absolute Gasteiger partial charge is 0.269 e. The molecule has 4 aromatic carbocycles. The summed E-state index contributed by atoms with van der Waals surface area (Å²) in [5.41, 5.74) is 1.51. The molecule has 38 heavy (non-hydrogen) atoms. The number of nitro benzene ring substituents is 1. The minimum atomic E-state index is -1.05. The van der Waals surface area contributed by atoms with Crippen molar-refractivity contribution >= 4 is 39.9 Å². The van der Waals surface area contributed by atoms with Crippen LogP contribution in [0.2, 0.25) is 0 Å². The Labute approximate surface area is 219 Å². The fourth-order valence-electron chi connectivity index (χ4n) is 4.01. The molecule has 0 bridgehead atoms. The maximum Gasteiger partial charge on any atom is 0.269 e. The van der Waals surface area contributed by atoms with E-state index in [0.29, 0.717) is 16.8 Å². The van der Waals surface area contributed by atoms with E-state index in [1.807, 2.05) is 36.4 Å². The molecule has 0 heterocycles. The van der Waals surface area contributed by atoms with Gasteiger partial charge in [0.15, 0.2) is 0 Å². The Balaban J connectivity index is 1.54. The number of rotatable bonds is 9. The van der Waals surface area contributed by atoms with Crippen molar-refractivity contribution in [1.29, 1.82) is 0 Å². The van der Waals surface area contributed by atoms with Gasteiger partial charge in [0.25, 0.3) is 11.6 Å². The minimum Gasteiger partial charge on any atom is -0.343 e. The van der Waals surface area contributed by atoms with E-state index in [2.05, 4.69) is 16.0 Å². The molecular weight excluding hydrogens is 484 g/mol. The largest absolute Gasteiger partial charge is 0.343 e. The molecule has 2 atom stereocenters. The third kappa shape index (κ3) is 6.38. The van der Waals surface area contributed by atoms with Gasteiger partial charge >= 0.3 is 0 Å². The van der Waals surface area contributed by atoms with Gasteiger partial charge in [0, 0.05) is 29.8 Å². The van der Waals surface area contributed by atoms with Crippen LogP contribution in [0, 0.1) is 10.1 Å². The van der Waals surface area contributed by atoms with E-state index in [1.54, 1.807) is 43.3 Å². The third-order valence-corrected chi connectivity index (χ3v) is 6.04. The highest BCUT2D eigenvalue weighted by Crippen LogP contribution is 2.19. The van der Waals surface area contributed by atoms with Crippen molar-refractivity contribution in [3.63, 3.8) is 0 Å². The Morgan fingerprint density at radius 1 is 0.789 bits per heavy atom. The van der Waals surface area contributed by atoms with Gasteiger partial charge in [-0.05, 0) is 41.5 Å². The summed E-state index contributed by atoms with van der Waals surface area (Å²) in [6.07, 6.45) is 0.0629. The van der Waals surface area contributed by atoms with Gasteiger partial charge in [-0.15, -0.1) is 0 Å². The summed E-state index contributed by atoms with van der Waals surface area (Å²) in [7, 11) is 0. The summed E-state index contributed by atoms with van der Waals surface area (Å²) in [6.45, 7) is 1.55. The highest BCUT2D eigenvalue weighted by Gasteiger charge is 2.26. The van der Waals surface area contributed by atoms with Gasteiger partial charge in [-0.3, -0.25) is 24.5 Å². The lowest BCUT2D eigenvalue weighted by molar-refractivity contribution is -0.384. The molecule has 0 aliphatic carbocycles. The molecule has 4 rings (SSSR count). The molecular formula is C29H26N4O5. The number of carbonyl (C=O) groups excluding carboxylic acids is 3. The van der Waals surface area contributed by atoms with Gasteiger partial charge < -0.3 is 16.0 Å². The lowest BCUT2D eigenvalue weighted by Crippen LogP contribution is -2.52. The quantitative estimate of drug-likeness (QED) is 0.229. The van der Waals surface area contributed by atoms with Crippen molar-refractivity contribution in [3.8, 4) is 0 Å². The zero-order chi connectivity index (χ0) is 27.1. The number of fused-ring (bicyclic) bond motifs is 1. The van der Waals surface area contributed by atoms with Gasteiger partial charge in [-0.25, -0.2) is 0 Å². The number of carbonyl (C=O) groups is 3. The van der Waals surface area contributed by atoms with E-state index in [4.69, 9.17) is 0 Å². The Bertz CT molecular complexity index is 1470. The molecule has 9 nitrogen and oxygen atoms in total. The highest BCUT2D eigenvalue weighted by molar-refractivity contribution is 6.08. The standard InChI is InChI=1S/C29H26N4O5/c1-19(27(34)31-22-10-3-2-4-11-22)30-29(36)26(18-20-14-16-23(17-15-20)33(37)38)32-28(35)25-13-7-9-21-8-5-6-12-24(21)25/h2-17,19,26H,18H2,1H3,(H,30,36)(H,31,34)(H,32,35)/t19-,26+/m1/s1. The zero-order valence-corrected chi connectivity index (χ0v) is 20.6. The fraction of sp³-hybridized carbons (Fsp3) is 0.138. The molecule has 3 N–H and O–H groups in total. The number of hydrogen-bond donors (Lipinski definition) is 3. The molecule has 0 aliphatic heterocycles. The normalized spacial score (nSPS) is 12.2. The van der Waals surface area contributed by atoms with Crippen LogP contribution < -0.4 is 16.0 Å². The average Bonchev–Trinajstić information content (AvgIpc) is 2.93. The molecule has 0 aromatic heterocycles. The number of nitrogens with zero attached hydrogens (tertiary/aromatic N) is 1. The number of nitrogens with one attached hydrogen (secondary N) is 3. The summed E-state index contributed by atoms with van der Waals surface area (Å²) in [5.74, 6) is -1.43. The van der Waals surface area contributed by atoms with Gasteiger partial charge in [-0.1, -0.05) is 66.7 Å². The maximum atomic E-state index is 13.3. The molecule has 0 spiro atoms. The zero-order valence-electron chi connectivity index (χ0n) is 20.6. The molecule has 4 aromatic rings. The summed E-state index contributed by atoms with van der Waals surface area (Å²) in [5, 5.41) is 20.8. The van der Waals surface area contributed by atoms with Crippen LogP contribution >= 0.6 is 0 Å². The first-order chi connectivity index (χ1) is 18.3. The van der Waals surface area contributed by atoms with Crippen molar-refractivity contribution in [2.45, 2.75) is 25.4 Å². The third-order valence-electron chi connectivity index (χ3n) is 6.04. The van der Waals surface area contributed by atoms with Crippen molar-refractivity contribution in [2.24, 2.45) is 0 Å². The van der Waals surface area contributed by atoms with E-state index >= 15 is 0 Å². The molecule has 0 saturated heterocycles. The van der Waals surface area contributed by atoms with Crippen LogP contribution in [0.4, 0.5) is 11.4 Å². The van der Waals surface area contributed by atoms with Crippen LogP contribution in [0.25, 0.3) is 10.8 Å². The Morgan fingerprint density at radius 3 is 2.16 bits per heavy atom. The number of nitro groups is 1. The van der Waals surface area contributed by atoms with Crippen LogP contribution in [-0.2, 0) is 16.0 Å². The van der Waals surface area contributed by atoms with Gasteiger partial charge in [0.2, 0.25) is 11.8 Å². The predicted octanol–water partition coefficient (Wildman–Crippen LogP) is 4.23. The van der Waals surface area contributed by atoms with E-state index < -0.39 is 34.7 Å². The van der Waals surface area contributed by atoms with Crippen LogP contribution in [0.15, 0.2) is 97.1 Å². The Kier molecular flexibility index (Phi) is 8.07. The lowest BCUT2D eigenvalue weighted by Gasteiger charge is -2.22. The molecule has 3 amide bonds. The molecule has 0 saturated carbocycles. The summed E-state index contributed by atoms with van der Waals surface area (Å²) < 4.78 is 0. The number of non-ortho nitro benzene ring substituents is 1. The van der Waals surface area contributed by atoms with E-state index in [9.17, 15) is 24.5 Å². The van der Waals surface area contributed by atoms with Crippen LogP contribution in [-0.4, -0.2) is 34.7 Å². The first kappa shape index (κ1) is 26.0. The number of amides is 3. The molecule has 0 fully saturated rings. The number of hydrogen-bond acceptors (Lipinski definition) is 5. The van der Waals surface area contributed by atoms with Crippen molar-refractivity contribution in [3.05, 3.63) is 118 Å². The van der Waals surface area contributed by atoms with Crippen LogP contribution in [0.5, 0.6) is 0 Å². The molecule has 0 aliphatic rings. The van der Waals surface area contributed by atoms with Crippen LogP contribution in [0.3, 0.4) is 0 Å². The van der Waals surface area contributed by atoms with E-state index in [1.165, 1.54) is 24.3 Å². The molecule has 9 heteroatoms. The van der Waals surface area contributed by atoms with E-state index in [0.717, 1.165) is 10.8 Å². The first-order valence-corrected chi connectivity index (χ1v) is 12.0. The topological polar surface area (TPSA) is 130 Å². The van der Waals surface area contributed by atoms with Crippen molar-refractivity contribution in [1.82, 2.24) is 10.6 Å². The Hall–Kier alpha value is -5.05. The summed E-state index contributed by atoms with van der Waals surface area (Å²) >= 11 is 0. The second kappa shape index (κ2) is 11.8. The number of benzene rings is 4. The predicted molar refractivity (Wildman–Crippen MR) is 145 cm³/mol. The molecule has 0 unspecified atom stereocenters. The SMILES string of the molecule is C[C@@H](NC(=O)[C@H](Cc1ccc([N+](=O)[O-])cc1)NC(=O)c1cccc2ccccc12)C(=O)Nc1ccccc1. The molecule has 0 radical (unpaired) electrons. The lowest BCUT2D eigenvalue weighted by atomic mass is 10.0. The second-order valence-electron chi connectivity index (χ2n) is 8.77. The van der Waals surface area contributed by atoms with Crippen LogP contribution in [0.1, 0.15) is 22.8 Å². The number of para-hydroxylation sites is 1. The Morgan fingerprint density at radius 2 is 1.45 bits per heavy atom. The maximum absolute atomic E-state index is 13.3. The minimum absolute atomic E-state index is 0.0629. The fourth-order valence-corrected chi connectivity index (χ4v) is 4.01. The first-order valence-electron chi connectivity index (χ1n) is 12.0. The van der Waals surface area contributed by atoms with Gasteiger partial charge in [-0.2, -0.15) is 0 Å². The van der Waals surface area contributed by atoms with Gasteiger partial charge in [0.05, 0.1) is 4.92 Å². The second-order valence-corrected chi connectivity index (χ2v) is 8.77. The monoisotopic (exact) mass is 510 g/mol. The summed E-state index contributed by atoms with van der Waals surface area (Å²) in [6, 6.07) is 25.4. The van der Waals surface area contributed by atoms with E-state index in [-0.39, 0.29) is 12.1 Å². The van der Waals surface area contributed by atoms with Gasteiger partial charge in [0.1, 0.15) is 12.1 Å². The van der Waals surface area contributed by atoms with Crippen molar-refractivity contribution in [2.75, 3.05) is 5.32 Å². The average molecular weight is 511 g/mol. The highest BCUT2D eigenvalue weighted by atomic mass is 16.6. The van der Waals surface area contributed by atoms with Crippen molar-refractivity contribution < 1.29 is 19.3 Å². The summed E-state index contributed by atoms with van der Waals surface area (Å²) in [4.78, 5) is 49.8. The number of anilines is 1.